The van der Waals surface area contributed by atoms with Gasteiger partial charge >= 0.3 is 0 Å². The maximum atomic E-state index is 10.9. The van der Waals surface area contributed by atoms with E-state index in [9.17, 15) is 10.1 Å². The van der Waals surface area contributed by atoms with Crippen LogP contribution >= 0.6 is 11.6 Å². The van der Waals surface area contributed by atoms with Gasteiger partial charge in [0.2, 0.25) is 0 Å². The molecular formula is C20H19ClN4O3. The predicted molar refractivity (Wildman–Crippen MR) is 106 cm³/mol. The van der Waals surface area contributed by atoms with E-state index in [1.54, 1.807) is 12.3 Å². The molecule has 4 rings (SSSR count). The molecule has 0 spiro atoms. The van der Waals surface area contributed by atoms with E-state index < -0.39 is 4.92 Å². The van der Waals surface area contributed by atoms with Crippen LogP contribution in [0.5, 0.6) is 0 Å². The summed E-state index contributed by atoms with van der Waals surface area (Å²) in [7, 11) is 0. The summed E-state index contributed by atoms with van der Waals surface area (Å²) < 4.78 is 6.01. The van der Waals surface area contributed by atoms with Crippen molar-refractivity contribution in [1.29, 1.82) is 0 Å². The third-order valence-corrected chi connectivity index (χ3v) is 5.19. The van der Waals surface area contributed by atoms with Crippen molar-refractivity contribution >= 4 is 17.3 Å². The highest BCUT2D eigenvalue weighted by Gasteiger charge is 2.25. The van der Waals surface area contributed by atoms with E-state index in [1.807, 2.05) is 24.4 Å². The van der Waals surface area contributed by atoms with Gasteiger partial charge < -0.3 is 9.73 Å². The molecule has 1 fully saturated rings. The second-order valence-corrected chi connectivity index (χ2v) is 7.07. The Kier molecular flexibility index (Phi) is 5.38. The van der Waals surface area contributed by atoms with E-state index in [2.05, 4.69) is 21.3 Å². The molecule has 1 aliphatic rings. The minimum absolute atomic E-state index is 0.0411. The number of nitrogens with zero attached hydrogens (tertiary/aromatic N) is 3. The van der Waals surface area contributed by atoms with Crippen LogP contribution in [0.25, 0.3) is 11.3 Å². The summed E-state index contributed by atoms with van der Waals surface area (Å²) in [5, 5.41) is 14.6. The standard InChI is InChI=1S/C20H19ClN4O3/c21-18-10-15(25(26)27)3-5-17(18)20-6-4-16(28-20)13-24-9-8-23-12-19(24)14-2-1-7-22-11-14/h1-7,10-11,19,23H,8-9,12-13H2. The molecule has 0 saturated carbocycles. The normalized spacial score (nSPS) is 17.5. The molecule has 1 saturated heterocycles. The number of hydrogen-bond donors (Lipinski definition) is 1. The van der Waals surface area contributed by atoms with Gasteiger partial charge in [-0.25, -0.2) is 0 Å². The van der Waals surface area contributed by atoms with E-state index in [0.717, 1.165) is 25.4 Å². The van der Waals surface area contributed by atoms with E-state index in [4.69, 9.17) is 16.0 Å². The Morgan fingerprint density at radius 3 is 2.96 bits per heavy atom. The Labute approximate surface area is 167 Å². The molecule has 3 heterocycles. The highest BCUT2D eigenvalue weighted by atomic mass is 35.5. The second-order valence-electron chi connectivity index (χ2n) is 6.66. The zero-order valence-electron chi connectivity index (χ0n) is 15.0. The van der Waals surface area contributed by atoms with Crippen molar-refractivity contribution in [2.75, 3.05) is 19.6 Å². The Morgan fingerprint density at radius 2 is 2.21 bits per heavy atom. The average molecular weight is 399 g/mol. The molecule has 28 heavy (non-hydrogen) atoms. The van der Waals surface area contributed by atoms with Crippen LogP contribution in [-0.4, -0.2) is 34.4 Å². The van der Waals surface area contributed by atoms with E-state index >= 15 is 0 Å². The molecule has 1 aromatic carbocycles. The summed E-state index contributed by atoms with van der Waals surface area (Å²) >= 11 is 6.22. The number of nitro benzene ring substituents is 1. The van der Waals surface area contributed by atoms with Gasteiger partial charge in [0.25, 0.3) is 5.69 Å². The Bertz CT molecular complexity index is 977. The molecule has 144 valence electrons. The van der Waals surface area contributed by atoms with Crippen LogP contribution in [0.3, 0.4) is 0 Å². The van der Waals surface area contributed by atoms with Crippen LogP contribution < -0.4 is 5.32 Å². The van der Waals surface area contributed by atoms with Crippen molar-refractivity contribution in [1.82, 2.24) is 15.2 Å². The van der Waals surface area contributed by atoms with Crippen molar-refractivity contribution in [3.05, 3.63) is 81.3 Å². The van der Waals surface area contributed by atoms with Gasteiger partial charge in [-0.2, -0.15) is 0 Å². The third kappa shape index (κ3) is 3.91. The molecule has 1 N–H and O–H groups in total. The highest BCUT2D eigenvalue weighted by Crippen LogP contribution is 2.33. The summed E-state index contributed by atoms with van der Waals surface area (Å²) in [4.78, 5) is 17.0. The first-order valence-corrected chi connectivity index (χ1v) is 9.37. The zero-order valence-corrected chi connectivity index (χ0v) is 15.8. The fourth-order valence-electron chi connectivity index (χ4n) is 3.46. The lowest BCUT2D eigenvalue weighted by atomic mass is 10.1. The number of rotatable bonds is 5. The summed E-state index contributed by atoms with van der Waals surface area (Å²) in [5.74, 6) is 1.42. The van der Waals surface area contributed by atoms with Crippen molar-refractivity contribution in [2.24, 2.45) is 0 Å². The lowest BCUT2D eigenvalue weighted by Gasteiger charge is -2.35. The fourth-order valence-corrected chi connectivity index (χ4v) is 3.73. The molecule has 1 aliphatic heterocycles. The number of hydrogen-bond acceptors (Lipinski definition) is 6. The first kappa shape index (κ1) is 18.6. The molecule has 8 heteroatoms. The van der Waals surface area contributed by atoms with Gasteiger partial charge in [0.1, 0.15) is 11.5 Å². The molecule has 1 unspecified atom stereocenters. The number of nitro groups is 1. The number of aromatic nitrogens is 1. The van der Waals surface area contributed by atoms with Crippen LogP contribution in [0, 0.1) is 10.1 Å². The lowest BCUT2D eigenvalue weighted by Crippen LogP contribution is -2.45. The number of nitrogens with one attached hydrogen (secondary N) is 1. The predicted octanol–water partition coefficient (Wildman–Crippen LogP) is 4.05. The van der Waals surface area contributed by atoms with Gasteiger partial charge in [-0.3, -0.25) is 20.0 Å². The minimum atomic E-state index is -0.466. The Morgan fingerprint density at radius 1 is 1.32 bits per heavy atom. The quantitative estimate of drug-likeness (QED) is 0.515. The van der Waals surface area contributed by atoms with E-state index in [-0.39, 0.29) is 11.7 Å². The van der Waals surface area contributed by atoms with Gasteiger partial charge in [-0.15, -0.1) is 0 Å². The van der Waals surface area contributed by atoms with Crippen molar-refractivity contribution in [2.45, 2.75) is 12.6 Å². The molecule has 2 aromatic heterocycles. The topological polar surface area (TPSA) is 84.4 Å². The molecule has 0 amide bonds. The van der Waals surface area contributed by atoms with Crippen LogP contribution in [0.15, 0.2) is 59.3 Å². The number of benzene rings is 1. The van der Waals surface area contributed by atoms with Crippen LogP contribution in [-0.2, 0) is 6.54 Å². The fraction of sp³-hybridized carbons (Fsp3) is 0.250. The van der Waals surface area contributed by atoms with Crippen LogP contribution in [0.1, 0.15) is 17.4 Å². The van der Waals surface area contributed by atoms with E-state index in [1.165, 1.54) is 17.7 Å². The number of non-ortho nitro benzene ring substituents is 1. The minimum Gasteiger partial charge on any atom is -0.460 e. The smallest absolute Gasteiger partial charge is 0.270 e. The second kappa shape index (κ2) is 8.10. The largest absolute Gasteiger partial charge is 0.460 e. The first-order valence-electron chi connectivity index (χ1n) is 8.99. The number of pyridine rings is 1. The third-order valence-electron chi connectivity index (χ3n) is 4.87. The number of furan rings is 1. The summed E-state index contributed by atoms with van der Waals surface area (Å²) in [6, 6.07) is 12.4. The Hall–Kier alpha value is -2.74. The Balaban J connectivity index is 1.53. The maximum Gasteiger partial charge on any atom is 0.270 e. The van der Waals surface area contributed by atoms with Gasteiger partial charge in [0.05, 0.1) is 16.5 Å². The molecule has 1 atom stereocenters. The van der Waals surface area contributed by atoms with Crippen LogP contribution in [0.4, 0.5) is 5.69 Å². The van der Waals surface area contributed by atoms with Crippen molar-refractivity contribution in [3.63, 3.8) is 0 Å². The van der Waals surface area contributed by atoms with Gasteiger partial charge in [0.15, 0.2) is 0 Å². The van der Waals surface area contributed by atoms with Crippen molar-refractivity contribution < 1.29 is 9.34 Å². The molecule has 0 bridgehead atoms. The van der Waals surface area contributed by atoms with E-state index in [0.29, 0.717) is 22.9 Å². The summed E-state index contributed by atoms with van der Waals surface area (Å²) in [6.45, 7) is 3.33. The molecule has 0 radical (unpaired) electrons. The molecule has 7 nitrogen and oxygen atoms in total. The first-order chi connectivity index (χ1) is 13.6. The highest BCUT2D eigenvalue weighted by molar-refractivity contribution is 6.33. The number of halogens is 1. The zero-order chi connectivity index (χ0) is 19.5. The monoisotopic (exact) mass is 398 g/mol. The molecule has 3 aromatic rings. The maximum absolute atomic E-state index is 10.9. The molecule has 0 aliphatic carbocycles. The number of piperazine rings is 1. The van der Waals surface area contributed by atoms with Crippen molar-refractivity contribution in [3.8, 4) is 11.3 Å². The van der Waals surface area contributed by atoms with Gasteiger partial charge in [-0.1, -0.05) is 17.7 Å². The SMILES string of the molecule is O=[N+]([O-])c1ccc(-c2ccc(CN3CCNCC3c3cccnc3)o2)c(Cl)c1. The molecular weight excluding hydrogens is 380 g/mol. The lowest BCUT2D eigenvalue weighted by molar-refractivity contribution is -0.384. The average Bonchev–Trinajstić information content (AvgIpc) is 3.17. The summed E-state index contributed by atoms with van der Waals surface area (Å²) in [5.41, 5.74) is 1.77. The van der Waals surface area contributed by atoms with Gasteiger partial charge in [0, 0.05) is 55.8 Å². The summed E-state index contributed by atoms with van der Waals surface area (Å²) in [6.07, 6.45) is 3.67. The van der Waals surface area contributed by atoms with Gasteiger partial charge in [-0.05, 0) is 29.8 Å². The van der Waals surface area contributed by atoms with Crippen LogP contribution in [0.2, 0.25) is 5.02 Å².